The predicted molar refractivity (Wildman–Crippen MR) is 116 cm³/mol. The molecule has 0 radical (unpaired) electrons. The van der Waals surface area contributed by atoms with Gasteiger partial charge in [0.25, 0.3) is 6.43 Å². The van der Waals surface area contributed by atoms with Crippen LogP contribution in [0.25, 0.3) is 12.2 Å². The van der Waals surface area contributed by atoms with Gasteiger partial charge in [0, 0.05) is 49.4 Å². The zero-order valence-corrected chi connectivity index (χ0v) is 17.8. The molecule has 0 amide bonds. The van der Waals surface area contributed by atoms with Gasteiger partial charge >= 0.3 is 0 Å². The number of likely N-dealkylation sites (tertiary alicyclic amines) is 1. The number of hydrogen-bond acceptors (Lipinski definition) is 5. The van der Waals surface area contributed by atoms with Gasteiger partial charge in [0.1, 0.15) is 5.82 Å². The highest BCUT2D eigenvalue weighted by molar-refractivity contribution is 5.66. The van der Waals surface area contributed by atoms with Gasteiger partial charge in [0.15, 0.2) is 0 Å². The molecule has 1 aromatic rings. The van der Waals surface area contributed by atoms with Gasteiger partial charge in [-0.05, 0) is 54.6 Å². The summed E-state index contributed by atoms with van der Waals surface area (Å²) in [6.07, 6.45) is 9.62. The number of fused-ring (bicyclic) bond motifs is 3. The molecular formula is C23H31F2N5. The molecule has 1 fully saturated rings. The SMILES string of the molecule is CC1c2c(ncc3c2=CC(C2C=NN(C)C2)CC=3)NC1C1CCN(CC(F)F)CC1. The highest BCUT2D eigenvalue weighted by atomic mass is 19.3. The molecule has 4 heterocycles. The van der Waals surface area contributed by atoms with Crippen molar-refractivity contribution in [3.63, 3.8) is 0 Å². The molecule has 0 saturated carbocycles. The fourth-order valence-corrected chi connectivity index (χ4v) is 5.85. The van der Waals surface area contributed by atoms with Crippen LogP contribution in [0.1, 0.15) is 37.7 Å². The first kappa shape index (κ1) is 19.9. The Bertz CT molecular complexity index is 938. The number of hydrazone groups is 1. The minimum atomic E-state index is -2.24. The van der Waals surface area contributed by atoms with Crippen LogP contribution in [-0.2, 0) is 0 Å². The van der Waals surface area contributed by atoms with E-state index in [0.29, 0.717) is 29.7 Å². The summed E-state index contributed by atoms with van der Waals surface area (Å²) >= 11 is 0. The van der Waals surface area contributed by atoms with Crippen molar-refractivity contribution in [1.29, 1.82) is 0 Å². The molecule has 3 aliphatic heterocycles. The monoisotopic (exact) mass is 415 g/mol. The zero-order valence-electron chi connectivity index (χ0n) is 17.8. The standard InChI is InChI=1S/C23H31F2N5/c1-14-21-19-9-16(18-11-27-29(2)12-18)3-4-17(19)10-26-23(21)28-22(14)15-5-7-30(8-6-15)13-20(24)25/h4,9-11,14-16,18,20,22,28H,3,5-8,12-13H2,1-2H3. The second-order valence-electron chi connectivity index (χ2n) is 9.42. The molecule has 4 aliphatic rings. The molecule has 0 spiro atoms. The Hall–Kier alpha value is -2.02. The van der Waals surface area contributed by atoms with Crippen LogP contribution in [-0.4, -0.2) is 66.8 Å². The molecule has 7 heteroatoms. The first-order valence-electron chi connectivity index (χ1n) is 11.2. The average Bonchev–Trinajstić information content (AvgIpc) is 3.31. The molecule has 4 atom stereocenters. The maximum atomic E-state index is 12.7. The fourth-order valence-electron chi connectivity index (χ4n) is 5.85. The molecule has 0 aromatic carbocycles. The molecule has 0 bridgehead atoms. The van der Waals surface area contributed by atoms with E-state index >= 15 is 0 Å². The lowest BCUT2D eigenvalue weighted by molar-refractivity contribution is 0.0662. The van der Waals surface area contributed by atoms with E-state index in [1.54, 1.807) is 0 Å². The number of aromatic nitrogens is 1. The highest BCUT2D eigenvalue weighted by Gasteiger charge is 2.38. The van der Waals surface area contributed by atoms with E-state index in [0.717, 1.165) is 44.7 Å². The quantitative estimate of drug-likeness (QED) is 0.818. The van der Waals surface area contributed by atoms with Crippen LogP contribution in [0.4, 0.5) is 14.6 Å². The normalized spacial score (nSPS) is 31.3. The number of alkyl halides is 2. The minimum absolute atomic E-state index is 0.0957. The van der Waals surface area contributed by atoms with Crippen LogP contribution in [0.3, 0.4) is 0 Å². The number of nitrogens with one attached hydrogen (secondary N) is 1. The topological polar surface area (TPSA) is 43.8 Å². The van der Waals surface area contributed by atoms with Crippen molar-refractivity contribution >= 4 is 24.2 Å². The Kier molecular flexibility index (Phi) is 5.25. The second-order valence-corrected chi connectivity index (χ2v) is 9.42. The van der Waals surface area contributed by atoms with Crippen molar-refractivity contribution < 1.29 is 8.78 Å². The Labute approximate surface area is 176 Å². The Morgan fingerprint density at radius 2 is 2.03 bits per heavy atom. The summed E-state index contributed by atoms with van der Waals surface area (Å²) in [6.45, 7) is 4.71. The van der Waals surface area contributed by atoms with Crippen molar-refractivity contribution in [3.8, 4) is 0 Å². The van der Waals surface area contributed by atoms with Crippen molar-refractivity contribution in [3.05, 3.63) is 22.2 Å². The lowest BCUT2D eigenvalue weighted by Gasteiger charge is -2.36. The van der Waals surface area contributed by atoms with Crippen molar-refractivity contribution in [1.82, 2.24) is 14.9 Å². The number of nitrogens with zero attached hydrogens (tertiary/aromatic N) is 4. The molecule has 1 aliphatic carbocycles. The third-order valence-electron chi connectivity index (χ3n) is 7.49. The van der Waals surface area contributed by atoms with E-state index in [1.165, 1.54) is 16.0 Å². The molecule has 1 saturated heterocycles. The maximum Gasteiger partial charge on any atom is 0.251 e. The molecule has 30 heavy (non-hydrogen) atoms. The maximum absolute atomic E-state index is 12.7. The van der Waals surface area contributed by atoms with E-state index < -0.39 is 6.43 Å². The van der Waals surface area contributed by atoms with E-state index in [9.17, 15) is 8.78 Å². The number of piperidine rings is 1. The number of halogens is 2. The zero-order chi connectivity index (χ0) is 20.8. The summed E-state index contributed by atoms with van der Waals surface area (Å²) < 4.78 is 25.4. The minimum Gasteiger partial charge on any atom is -0.366 e. The second kappa shape index (κ2) is 7.91. The lowest BCUT2D eigenvalue weighted by Crippen LogP contribution is -2.42. The van der Waals surface area contributed by atoms with Crippen LogP contribution in [0, 0.1) is 17.8 Å². The number of pyridine rings is 1. The van der Waals surface area contributed by atoms with Gasteiger partial charge in [-0.1, -0.05) is 19.1 Å². The molecule has 162 valence electrons. The van der Waals surface area contributed by atoms with Crippen LogP contribution < -0.4 is 15.8 Å². The van der Waals surface area contributed by atoms with Crippen molar-refractivity contribution in [2.75, 3.05) is 38.5 Å². The third kappa shape index (κ3) is 3.61. The molecule has 5 rings (SSSR count). The van der Waals surface area contributed by atoms with Crippen molar-refractivity contribution in [2.24, 2.45) is 22.9 Å². The number of anilines is 1. The predicted octanol–water partition coefficient (Wildman–Crippen LogP) is 2.08. The molecule has 1 aromatic heterocycles. The summed E-state index contributed by atoms with van der Waals surface area (Å²) in [5, 5.41) is 12.7. The van der Waals surface area contributed by atoms with Gasteiger partial charge < -0.3 is 5.32 Å². The Balaban J connectivity index is 1.37. The van der Waals surface area contributed by atoms with Gasteiger partial charge in [-0.15, -0.1) is 0 Å². The summed E-state index contributed by atoms with van der Waals surface area (Å²) in [5.41, 5.74) is 1.34. The first-order valence-corrected chi connectivity index (χ1v) is 11.2. The van der Waals surface area contributed by atoms with E-state index in [1.807, 2.05) is 23.2 Å². The molecule has 4 unspecified atom stereocenters. The van der Waals surface area contributed by atoms with Gasteiger partial charge in [-0.3, -0.25) is 9.91 Å². The summed E-state index contributed by atoms with van der Waals surface area (Å²) in [5.74, 6) is 2.82. The fraction of sp³-hybridized carbons (Fsp3) is 0.652. The van der Waals surface area contributed by atoms with Crippen molar-refractivity contribution in [2.45, 2.75) is 44.6 Å². The van der Waals surface area contributed by atoms with Crippen LogP contribution >= 0.6 is 0 Å². The van der Waals surface area contributed by atoms with E-state index in [-0.39, 0.29) is 6.54 Å². The Morgan fingerprint density at radius 1 is 1.23 bits per heavy atom. The van der Waals surface area contributed by atoms with Crippen LogP contribution in [0.5, 0.6) is 0 Å². The van der Waals surface area contributed by atoms with Crippen LogP contribution in [0.2, 0.25) is 0 Å². The van der Waals surface area contributed by atoms with Gasteiger partial charge in [-0.2, -0.15) is 5.10 Å². The van der Waals surface area contributed by atoms with Gasteiger partial charge in [0.2, 0.25) is 0 Å². The Morgan fingerprint density at radius 3 is 2.73 bits per heavy atom. The van der Waals surface area contributed by atoms with E-state index in [4.69, 9.17) is 4.98 Å². The molecular weight excluding hydrogens is 384 g/mol. The highest BCUT2D eigenvalue weighted by Crippen LogP contribution is 2.38. The van der Waals surface area contributed by atoms with Gasteiger partial charge in [0.05, 0.1) is 6.54 Å². The van der Waals surface area contributed by atoms with Gasteiger partial charge in [-0.25, -0.2) is 13.8 Å². The lowest BCUT2D eigenvalue weighted by atomic mass is 9.80. The number of rotatable bonds is 4. The third-order valence-corrected chi connectivity index (χ3v) is 7.49. The molecule has 5 nitrogen and oxygen atoms in total. The molecule has 1 N–H and O–H groups in total. The van der Waals surface area contributed by atoms with Crippen LogP contribution in [0.15, 0.2) is 11.3 Å². The largest absolute Gasteiger partial charge is 0.366 e. The summed E-state index contributed by atoms with van der Waals surface area (Å²) in [6, 6.07) is 0.334. The summed E-state index contributed by atoms with van der Waals surface area (Å²) in [4.78, 5) is 6.65. The summed E-state index contributed by atoms with van der Waals surface area (Å²) in [7, 11) is 2.03. The van der Waals surface area contributed by atoms with E-state index in [2.05, 4.69) is 35.7 Å². The first-order chi connectivity index (χ1) is 14.5. The number of hydrogen-bond donors (Lipinski definition) is 1. The average molecular weight is 416 g/mol. The smallest absolute Gasteiger partial charge is 0.251 e.